The molecule has 0 unspecified atom stereocenters. The molecule has 0 heterocycles. The van der Waals surface area contributed by atoms with Gasteiger partial charge in [-0.15, -0.1) is 0 Å². The molecule has 0 bridgehead atoms. The van der Waals surface area contributed by atoms with Crippen molar-refractivity contribution in [1.82, 2.24) is 0 Å². The molecule has 0 aliphatic carbocycles. The predicted octanol–water partition coefficient (Wildman–Crippen LogP) is 5.69. The van der Waals surface area contributed by atoms with E-state index in [-0.39, 0.29) is 5.91 Å². The molecule has 0 radical (unpaired) electrons. The number of unbranched alkanes of at least 4 members (excludes halogenated alkanes) is 6. The normalized spacial score (nSPS) is 10.7. The number of anilines is 1. The van der Waals surface area contributed by atoms with Crippen molar-refractivity contribution < 1.29 is 4.79 Å². The van der Waals surface area contributed by atoms with Gasteiger partial charge in [0.2, 0.25) is 5.91 Å². The van der Waals surface area contributed by atoms with Crippen LogP contribution >= 0.6 is 0 Å². The van der Waals surface area contributed by atoms with Crippen LogP contribution < -0.4 is 5.32 Å². The van der Waals surface area contributed by atoms with Crippen molar-refractivity contribution in [3.63, 3.8) is 0 Å². The van der Waals surface area contributed by atoms with E-state index in [4.69, 9.17) is 0 Å². The van der Waals surface area contributed by atoms with E-state index in [2.05, 4.69) is 45.1 Å². The van der Waals surface area contributed by atoms with Gasteiger partial charge in [0.05, 0.1) is 0 Å². The van der Waals surface area contributed by atoms with E-state index in [0.717, 1.165) is 23.2 Å². The largest absolute Gasteiger partial charge is 0.326 e. The topological polar surface area (TPSA) is 29.1 Å². The molecule has 0 spiro atoms. The molecule has 21 heavy (non-hydrogen) atoms. The Bertz CT molecular complexity index is 428. The van der Waals surface area contributed by atoms with E-state index in [0.29, 0.717) is 6.42 Å². The number of carbonyl (C=O) groups excluding carboxylic acids is 1. The SMILES string of the molecule is CCCCCCCCCC(=O)Nc1c(C)cc(C)cc1C. The van der Waals surface area contributed by atoms with Crippen molar-refractivity contribution in [3.05, 3.63) is 28.8 Å². The number of aryl methyl sites for hydroxylation is 3. The van der Waals surface area contributed by atoms with Crippen LogP contribution in [-0.2, 0) is 4.79 Å². The van der Waals surface area contributed by atoms with Crippen molar-refractivity contribution >= 4 is 11.6 Å². The zero-order valence-corrected chi connectivity index (χ0v) is 14.2. The lowest BCUT2D eigenvalue weighted by atomic mass is 10.0. The van der Waals surface area contributed by atoms with Crippen LogP contribution in [0.1, 0.15) is 75.0 Å². The molecule has 0 aromatic heterocycles. The summed E-state index contributed by atoms with van der Waals surface area (Å²) in [5.41, 5.74) is 4.55. The van der Waals surface area contributed by atoms with E-state index in [1.54, 1.807) is 0 Å². The van der Waals surface area contributed by atoms with Gasteiger partial charge in [0.25, 0.3) is 0 Å². The maximum atomic E-state index is 12.0. The standard InChI is InChI=1S/C19H31NO/c1-5-6-7-8-9-10-11-12-18(21)20-19-16(3)13-15(2)14-17(19)4/h13-14H,5-12H2,1-4H3,(H,20,21). The highest BCUT2D eigenvalue weighted by Crippen LogP contribution is 2.22. The van der Waals surface area contributed by atoms with Crippen molar-refractivity contribution in [3.8, 4) is 0 Å². The predicted molar refractivity (Wildman–Crippen MR) is 91.9 cm³/mol. The molecule has 0 atom stereocenters. The highest BCUT2D eigenvalue weighted by Gasteiger charge is 2.07. The minimum Gasteiger partial charge on any atom is -0.326 e. The maximum absolute atomic E-state index is 12.0. The Morgan fingerprint density at radius 1 is 0.905 bits per heavy atom. The van der Waals surface area contributed by atoms with E-state index in [9.17, 15) is 4.79 Å². The molecular weight excluding hydrogens is 258 g/mol. The number of amides is 1. The van der Waals surface area contributed by atoms with Crippen LogP contribution in [0.25, 0.3) is 0 Å². The average molecular weight is 289 g/mol. The van der Waals surface area contributed by atoms with Crippen molar-refractivity contribution in [2.45, 2.75) is 79.1 Å². The first-order chi connectivity index (χ1) is 10.0. The molecule has 0 fully saturated rings. The molecule has 1 aromatic carbocycles. The molecule has 1 amide bonds. The summed E-state index contributed by atoms with van der Waals surface area (Å²) in [6.45, 7) is 8.44. The smallest absolute Gasteiger partial charge is 0.224 e. The van der Waals surface area contributed by atoms with Crippen molar-refractivity contribution in [2.75, 3.05) is 5.32 Å². The molecule has 0 aliphatic heterocycles. The van der Waals surface area contributed by atoms with Crippen LogP contribution in [0.4, 0.5) is 5.69 Å². The van der Waals surface area contributed by atoms with Gasteiger partial charge in [-0.3, -0.25) is 4.79 Å². The van der Waals surface area contributed by atoms with Crippen LogP contribution in [0, 0.1) is 20.8 Å². The number of hydrogen-bond donors (Lipinski definition) is 1. The van der Waals surface area contributed by atoms with Crippen molar-refractivity contribution in [1.29, 1.82) is 0 Å². The van der Waals surface area contributed by atoms with Gasteiger partial charge in [-0.2, -0.15) is 0 Å². The van der Waals surface area contributed by atoms with Gasteiger partial charge in [-0.05, 0) is 38.3 Å². The Balaban J connectivity index is 2.28. The number of hydrogen-bond acceptors (Lipinski definition) is 1. The highest BCUT2D eigenvalue weighted by atomic mass is 16.1. The molecule has 1 N–H and O–H groups in total. The monoisotopic (exact) mass is 289 g/mol. The van der Waals surface area contributed by atoms with Gasteiger partial charge in [-0.25, -0.2) is 0 Å². The summed E-state index contributed by atoms with van der Waals surface area (Å²) in [5, 5.41) is 3.08. The Labute approximate surface area is 130 Å². The van der Waals surface area contributed by atoms with Crippen LogP contribution in [0.3, 0.4) is 0 Å². The third kappa shape index (κ3) is 6.79. The fourth-order valence-electron chi connectivity index (χ4n) is 2.82. The lowest BCUT2D eigenvalue weighted by Gasteiger charge is -2.12. The lowest BCUT2D eigenvalue weighted by Crippen LogP contribution is -2.13. The molecule has 2 nitrogen and oxygen atoms in total. The quantitative estimate of drug-likeness (QED) is 0.581. The summed E-state index contributed by atoms with van der Waals surface area (Å²) < 4.78 is 0. The minimum absolute atomic E-state index is 0.151. The molecule has 0 saturated carbocycles. The summed E-state index contributed by atoms with van der Waals surface area (Å²) in [4.78, 5) is 12.0. The summed E-state index contributed by atoms with van der Waals surface area (Å²) in [6, 6.07) is 4.24. The molecular formula is C19H31NO. The van der Waals surface area contributed by atoms with Crippen molar-refractivity contribution in [2.24, 2.45) is 0 Å². The van der Waals surface area contributed by atoms with E-state index in [1.807, 2.05) is 0 Å². The first-order valence-electron chi connectivity index (χ1n) is 8.42. The average Bonchev–Trinajstić information content (AvgIpc) is 2.42. The Kier molecular flexibility index (Phi) is 8.11. The number of benzene rings is 1. The molecule has 1 aromatic rings. The summed E-state index contributed by atoms with van der Waals surface area (Å²) in [5.74, 6) is 0.151. The van der Waals surface area contributed by atoms with Gasteiger partial charge in [0.15, 0.2) is 0 Å². The van der Waals surface area contributed by atoms with Crippen LogP contribution in [-0.4, -0.2) is 5.91 Å². The summed E-state index contributed by atoms with van der Waals surface area (Å²) >= 11 is 0. The second-order valence-electron chi connectivity index (χ2n) is 6.19. The van der Waals surface area contributed by atoms with Gasteiger partial charge >= 0.3 is 0 Å². The first kappa shape index (κ1) is 17.7. The lowest BCUT2D eigenvalue weighted by molar-refractivity contribution is -0.116. The first-order valence-corrected chi connectivity index (χ1v) is 8.42. The molecule has 0 saturated heterocycles. The number of carbonyl (C=O) groups is 1. The van der Waals surface area contributed by atoms with Crippen LogP contribution in [0.5, 0.6) is 0 Å². The zero-order chi connectivity index (χ0) is 15.7. The second kappa shape index (κ2) is 9.59. The van der Waals surface area contributed by atoms with E-state index in [1.165, 1.54) is 44.1 Å². The molecule has 2 heteroatoms. The third-order valence-electron chi connectivity index (χ3n) is 3.95. The maximum Gasteiger partial charge on any atom is 0.224 e. The Hall–Kier alpha value is -1.31. The fraction of sp³-hybridized carbons (Fsp3) is 0.632. The molecule has 0 aliphatic rings. The number of nitrogens with one attached hydrogen (secondary N) is 1. The van der Waals surface area contributed by atoms with E-state index < -0.39 is 0 Å². The van der Waals surface area contributed by atoms with Gasteiger partial charge in [-0.1, -0.05) is 63.1 Å². The Morgan fingerprint density at radius 2 is 1.43 bits per heavy atom. The fourth-order valence-corrected chi connectivity index (χ4v) is 2.82. The second-order valence-corrected chi connectivity index (χ2v) is 6.19. The highest BCUT2D eigenvalue weighted by molar-refractivity contribution is 5.92. The van der Waals surface area contributed by atoms with Gasteiger partial charge < -0.3 is 5.32 Å². The summed E-state index contributed by atoms with van der Waals surface area (Å²) in [7, 11) is 0. The number of rotatable bonds is 9. The van der Waals surface area contributed by atoms with E-state index >= 15 is 0 Å². The third-order valence-corrected chi connectivity index (χ3v) is 3.95. The summed E-state index contributed by atoms with van der Waals surface area (Å²) in [6.07, 6.45) is 9.35. The van der Waals surface area contributed by atoms with Gasteiger partial charge in [0, 0.05) is 12.1 Å². The molecule has 1 rings (SSSR count). The van der Waals surface area contributed by atoms with Crippen LogP contribution in [0.15, 0.2) is 12.1 Å². The minimum atomic E-state index is 0.151. The zero-order valence-electron chi connectivity index (χ0n) is 14.2. The van der Waals surface area contributed by atoms with Gasteiger partial charge in [0.1, 0.15) is 0 Å². The van der Waals surface area contributed by atoms with Crippen LogP contribution in [0.2, 0.25) is 0 Å². The molecule has 118 valence electrons. The Morgan fingerprint density at radius 3 is 2.00 bits per heavy atom.